The van der Waals surface area contributed by atoms with E-state index in [2.05, 4.69) is 67.7 Å². The van der Waals surface area contributed by atoms with E-state index in [1.165, 1.54) is 11.1 Å². The summed E-state index contributed by atoms with van der Waals surface area (Å²) in [5.41, 5.74) is 2.54. The van der Waals surface area contributed by atoms with E-state index >= 15 is 0 Å². The van der Waals surface area contributed by atoms with Crippen molar-refractivity contribution in [2.75, 3.05) is 13.2 Å². The van der Waals surface area contributed by atoms with Crippen LogP contribution in [-0.4, -0.2) is 13.2 Å². The van der Waals surface area contributed by atoms with E-state index in [9.17, 15) is 0 Å². The Balaban J connectivity index is 2.23. The molecule has 0 aliphatic heterocycles. The first kappa shape index (κ1) is 15.6. The lowest BCUT2D eigenvalue weighted by molar-refractivity contribution is 0.317. The molecule has 0 aliphatic rings. The van der Waals surface area contributed by atoms with Gasteiger partial charge in [-0.2, -0.15) is 0 Å². The van der Waals surface area contributed by atoms with Crippen LogP contribution in [0.1, 0.15) is 43.9 Å². The molecule has 0 fully saturated rings. The Kier molecular flexibility index (Phi) is 6.29. The number of rotatable bonds is 8. The predicted molar refractivity (Wildman–Crippen MR) is 88.8 cm³/mol. The van der Waals surface area contributed by atoms with Crippen LogP contribution < -0.4 is 10.1 Å². The minimum Gasteiger partial charge on any atom is -0.494 e. The van der Waals surface area contributed by atoms with E-state index < -0.39 is 0 Å². The summed E-state index contributed by atoms with van der Waals surface area (Å²) in [6.45, 7) is 6.08. The Morgan fingerprint density at radius 3 is 2.38 bits per heavy atom. The zero-order chi connectivity index (χ0) is 14.9. The summed E-state index contributed by atoms with van der Waals surface area (Å²) < 4.78 is 5.76. The maximum atomic E-state index is 5.76. The van der Waals surface area contributed by atoms with Crippen LogP contribution in [0.3, 0.4) is 0 Å². The molecule has 0 aliphatic carbocycles. The zero-order valence-electron chi connectivity index (χ0n) is 13.0. The van der Waals surface area contributed by atoms with Crippen molar-refractivity contribution in [1.82, 2.24) is 5.32 Å². The molecule has 0 spiro atoms. The van der Waals surface area contributed by atoms with E-state index in [4.69, 9.17) is 4.74 Å². The third-order valence-corrected chi connectivity index (χ3v) is 3.40. The molecule has 0 radical (unpaired) electrons. The van der Waals surface area contributed by atoms with Crippen LogP contribution in [0, 0.1) is 0 Å². The Morgan fingerprint density at radius 1 is 0.905 bits per heavy atom. The third-order valence-electron chi connectivity index (χ3n) is 3.40. The van der Waals surface area contributed by atoms with Gasteiger partial charge in [0.05, 0.1) is 12.6 Å². The Bertz CT molecular complexity index is 524. The first-order valence-electron chi connectivity index (χ1n) is 7.86. The van der Waals surface area contributed by atoms with Gasteiger partial charge in [-0.05, 0) is 42.6 Å². The van der Waals surface area contributed by atoms with E-state index in [1.54, 1.807) is 0 Å². The minimum atomic E-state index is 0.219. The quantitative estimate of drug-likeness (QED) is 0.766. The second-order valence-electron chi connectivity index (χ2n) is 5.22. The molecular weight excluding hydrogens is 258 g/mol. The summed E-state index contributed by atoms with van der Waals surface area (Å²) >= 11 is 0. The van der Waals surface area contributed by atoms with Crippen molar-refractivity contribution in [3.8, 4) is 5.75 Å². The van der Waals surface area contributed by atoms with Crippen LogP contribution >= 0.6 is 0 Å². The molecule has 2 aromatic carbocycles. The lowest BCUT2D eigenvalue weighted by Crippen LogP contribution is -2.23. The van der Waals surface area contributed by atoms with Crippen molar-refractivity contribution >= 4 is 0 Å². The van der Waals surface area contributed by atoms with Gasteiger partial charge < -0.3 is 10.1 Å². The van der Waals surface area contributed by atoms with Crippen molar-refractivity contribution in [1.29, 1.82) is 0 Å². The molecule has 1 unspecified atom stereocenters. The molecule has 0 saturated carbocycles. The predicted octanol–water partition coefficient (Wildman–Crippen LogP) is 4.56. The van der Waals surface area contributed by atoms with Gasteiger partial charge >= 0.3 is 0 Å². The third kappa shape index (κ3) is 4.61. The second-order valence-corrected chi connectivity index (χ2v) is 5.22. The molecule has 1 N–H and O–H groups in total. The average molecular weight is 283 g/mol. The first-order valence-corrected chi connectivity index (χ1v) is 7.86. The summed E-state index contributed by atoms with van der Waals surface area (Å²) in [5, 5.41) is 3.63. The highest BCUT2D eigenvalue weighted by Gasteiger charge is 2.13. The molecule has 112 valence electrons. The lowest BCUT2D eigenvalue weighted by Gasteiger charge is -2.20. The van der Waals surface area contributed by atoms with Gasteiger partial charge in [-0.15, -0.1) is 0 Å². The van der Waals surface area contributed by atoms with E-state index in [0.29, 0.717) is 0 Å². The lowest BCUT2D eigenvalue weighted by atomic mass is 9.98. The van der Waals surface area contributed by atoms with Gasteiger partial charge in [0.1, 0.15) is 5.75 Å². The standard InChI is InChI=1S/C19H25NO/c1-3-13-20-19(16-9-6-5-7-10-16)17-11-8-12-18(15-17)21-14-4-2/h5-12,15,19-20H,3-4,13-14H2,1-2H3. The summed E-state index contributed by atoms with van der Waals surface area (Å²) in [6, 6.07) is 19.2. The van der Waals surface area contributed by atoms with Crippen LogP contribution in [0.2, 0.25) is 0 Å². The fourth-order valence-electron chi connectivity index (χ4n) is 2.37. The van der Waals surface area contributed by atoms with Crippen molar-refractivity contribution in [2.24, 2.45) is 0 Å². The molecule has 2 heteroatoms. The minimum absolute atomic E-state index is 0.219. The Morgan fingerprint density at radius 2 is 1.67 bits per heavy atom. The molecule has 0 heterocycles. The van der Waals surface area contributed by atoms with Gasteiger partial charge in [-0.25, -0.2) is 0 Å². The summed E-state index contributed by atoms with van der Waals surface area (Å²) in [6.07, 6.45) is 2.15. The number of ether oxygens (including phenoxy) is 1. The molecule has 1 atom stereocenters. The van der Waals surface area contributed by atoms with Gasteiger partial charge in [0.15, 0.2) is 0 Å². The Hall–Kier alpha value is -1.80. The molecule has 2 nitrogen and oxygen atoms in total. The van der Waals surface area contributed by atoms with Gasteiger partial charge in [0.2, 0.25) is 0 Å². The van der Waals surface area contributed by atoms with Crippen LogP contribution in [0.25, 0.3) is 0 Å². The normalized spacial score (nSPS) is 12.1. The highest BCUT2D eigenvalue weighted by atomic mass is 16.5. The molecule has 0 aromatic heterocycles. The summed E-state index contributed by atoms with van der Waals surface area (Å²) in [7, 11) is 0. The number of hydrogen-bond donors (Lipinski definition) is 1. The second kappa shape index (κ2) is 8.48. The van der Waals surface area contributed by atoms with Gasteiger partial charge in [0, 0.05) is 0 Å². The smallest absolute Gasteiger partial charge is 0.119 e. The van der Waals surface area contributed by atoms with Gasteiger partial charge in [0.25, 0.3) is 0 Å². The van der Waals surface area contributed by atoms with E-state index in [1.807, 2.05) is 6.07 Å². The number of nitrogens with one attached hydrogen (secondary N) is 1. The molecular formula is C19H25NO. The van der Waals surface area contributed by atoms with Gasteiger partial charge in [-0.1, -0.05) is 56.3 Å². The fraction of sp³-hybridized carbons (Fsp3) is 0.368. The van der Waals surface area contributed by atoms with Crippen molar-refractivity contribution in [3.63, 3.8) is 0 Å². The number of hydrogen-bond acceptors (Lipinski definition) is 2. The average Bonchev–Trinajstić information content (AvgIpc) is 2.55. The molecule has 21 heavy (non-hydrogen) atoms. The van der Waals surface area contributed by atoms with Crippen molar-refractivity contribution < 1.29 is 4.74 Å². The first-order chi connectivity index (χ1) is 10.3. The highest BCUT2D eigenvalue weighted by Crippen LogP contribution is 2.25. The zero-order valence-corrected chi connectivity index (χ0v) is 13.0. The van der Waals surface area contributed by atoms with Crippen LogP contribution in [0.5, 0.6) is 5.75 Å². The highest BCUT2D eigenvalue weighted by molar-refractivity contribution is 5.36. The molecule has 0 bridgehead atoms. The Labute approximate surface area is 128 Å². The van der Waals surface area contributed by atoms with Gasteiger partial charge in [-0.3, -0.25) is 0 Å². The van der Waals surface area contributed by atoms with Crippen LogP contribution in [0.4, 0.5) is 0 Å². The maximum absolute atomic E-state index is 5.76. The van der Waals surface area contributed by atoms with E-state index in [-0.39, 0.29) is 6.04 Å². The number of benzene rings is 2. The topological polar surface area (TPSA) is 21.3 Å². The van der Waals surface area contributed by atoms with E-state index in [0.717, 1.165) is 31.7 Å². The van der Waals surface area contributed by atoms with Crippen LogP contribution in [0.15, 0.2) is 54.6 Å². The SMILES string of the molecule is CCCNC(c1ccccc1)c1cccc(OCCC)c1. The molecule has 0 saturated heterocycles. The van der Waals surface area contributed by atoms with Crippen molar-refractivity contribution in [2.45, 2.75) is 32.7 Å². The fourth-order valence-corrected chi connectivity index (χ4v) is 2.37. The largest absolute Gasteiger partial charge is 0.494 e. The molecule has 2 aromatic rings. The monoisotopic (exact) mass is 283 g/mol. The molecule has 2 rings (SSSR count). The van der Waals surface area contributed by atoms with Crippen LogP contribution in [-0.2, 0) is 0 Å². The maximum Gasteiger partial charge on any atom is 0.119 e. The molecule has 0 amide bonds. The summed E-state index contributed by atoms with van der Waals surface area (Å²) in [4.78, 5) is 0. The van der Waals surface area contributed by atoms with Crippen molar-refractivity contribution in [3.05, 3.63) is 65.7 Å². The summed E-state index contributed by atoms with van der Waals surface area (Å²) in [5.74, 6) is 0.952.